The van der Waals surface area contributed by atoms with Crippen molar-refractivity contribution >= 4 is 11.8 Å². The summed E-state index contributed by atoms with van der Waals surface area (Å²) in [6.07, 6.45) is -0.279. The van der Waals surface area contributed by atoms with Crippen molar-refractivity contribution in [3.8, 4) is 5.75 Å². The van der Waals surface area contributed by atoms with Crippen molar-refractivity contribution in [3.05, 3.63) is 65.2 Å². The fraction of sp³-hybridized carbons (Fsp3) is 0.417. The Balaban J connectivity index is 1.70. The number of aryl methyl sites for hydroxylation is 1. The Morgan fingerprint density at radius 1 is 1.13 bits per heavy atom. The third-order valence-corrected chi connectivity index (χ3v) is 5.34. The molecule has 0 aromatic heterocycles. The Bertz CT molecular complexity index is 884. The summed E-state index contributed by atoms with van der Waals surface area (Å²) in [6, 6.07) is 14.7. The molecule has 1 heterocycles. The van der Waals surface area contributed by atoms with Gasteiger partial charge in [-0.2, -0.15) is 0 Å². The fourth-order valence-electron chi connectivity index (χ4n) is 3.61. The van der Waals surface area contributed by atoms with E-state index in [1.807, 2.05) is 43.3 Å². The summed E-state index contributed by atoms with van der Waals surface area (Å²) in [7, 11) is 3.16. The van der Waals surface area contributed by atoms with Crippen LogP contribution >= 0.6 is 0 Å². The van der Waals surface area contributed by atoms with Gasteiger partial charge in [0.1, 0.15) is 5.75 Å². The Morgan fingerprint density at radius 2 is 1.87 bits per heavy atom. The molecular formula is C24H30N2O5. The molecule has 1 aliphatic rings. The van der Waals surface area contributed by atoms with Gasteiger partial charge < -0.3 is 24.0 Å². The molecule has 31 heavy (non-hydrogen) atoms. The Morgan fingerprint density at radius 3 is 2.58 bits per heavy atom. The Labute approximate surface area is 183 Å². The number of morpholine rings is 1. The van der Waals surface area contributed by atoms with Crippen LogP contribution in [0.3, 0.4) is 0 Å². The molecule has 2 aromatic carbocycles. The molecule has 1 saturated heterocycles. The van der Waals surface area contributed by atoms with Gasteiger partial charge in [-0.25, -0.2) is 0 Å². The molecule has 1 atom stereocenters. The second-order valence-corrected chi connectivity index (χ2v) is 7.55. The summed E-state index contributed by atoms with van der Waals surface area (Å²) in [6.45, 7) is 4.56. The van der Waals surface area contributed by atoms with Crippen LogP contribution in [0.25, 0.3) is 0 Å². The number of benzene rings is 2. The van der Waals surface area contributed by atoms with Gasteiger partial charge in [-0.15, -0.1) is 0 Å². The number of carbonyl (C=O) groups is 2. The van der Waals surface area contributed by atoms with Crippen LogP contribution in [0.5, 0.6) is 5.75 Å². The van der Waals surface area contributed by atoms with Gasteiger partial charge in [0, 0.05) is 38.9 Å². The van der Waals surface area contributed by atoms with Crippen LogP contribution in [0.2, 0.25) is 0 Å². The van der Waals surface area contributed by atoms with E-state index in [1.165, 1.54) is 0 Å². The quantitative estimate of drug-likeness (QED) is 0.649. The highest BCUT2D eigenvalue weighted by Gasteiger charge is 2.29. The van der Waals surface area contributed by atoms with Gasteiger partial charge in [0.15, 0.2) is 0 Å². The van der Waals surface area contributed by atoms with E-state index >= 15 is 0 Å². The molecule has 0 spiro atoms. The zero-order valence-corrected chi connectivity index (χ0v) is 18.4. The molecule has 7 nitrogen and oxygen atoms in total. The van der Waals surface area contributed by atoms with Gasteiger partial charge in [-0.05, 0) is 31.2 Å². The average molecular weight is 427 g/mol. The van der Waals surface area contributed by atoms with E-state index in [2.05, 4.69) is 0 Å². The molecule has 1 aliphatic heterocycles. The van der Waals surface area contributed by atoms with Crippen LogP contribution in [0.1, 0.15) is 26.3 Å². The van der Waals surface area contributed by atoms with Crippen LogP contribution < -0.4 is 4.74 Å². The molecule has 0 N–H and O–H groups in total. The topological polar surface area (TPSA) is 68.3 Å². The van der Waals surface area contributed by atoms with Crippen LogP contribution in [0.15, 0.2) is 48.5 Å². The van der Waals surface area contributed by atoms with Gasteiger partial charge in [-0.1, -0.05) is 29.8 Å². The van der Waals surface area contributed by atoms with Gasteiger partial charge >= 0.3 is 0 Å². The van der Waals surface area contributed by atoms with Crippen LogP contribution in [-0.4, -0.2) is 81.3 Å². The molecule has 0 aliphatic carbocycles. The molecule has 1 fully saturated rings. The van der Waals surface area contributed by atoms with E-state index in [-0.39, 0.29) is 17.9 Å². The summed E-state index contributed by atoms with van der Waals surface area (Å²) < 4.78 is 16.4. The minimum atomic E-state index is -0.279. The van der Waals surface area contributed by atoms with Crippen molar-refractivity contribution in [1.82, 2.24) is 9.80 Å². The lowest BCUT2D eigenvalue weighted by molar-refractivity contribution is -0.0347. The van der Waals surface area contributed by atoms with Gasteiger partial charge in [0.05, 0.1) is 32.0 Å². The number of hydrogen-bond donors (Lipinski definition) is 0. The SMILES string of the molecule is COCCN(CC1CN(C(=O)c2ccccc2OC)CCO1)C(=O)c1ccc(C)cc1. The first-order chi connectivity index (χ1) is 15.0. The van der Waals surface area contributed by atoms with Crippen LogP contribution in [-0.2, 0) is 9.47 Å². The van der Waals surface area contributed by atoms with Crippen molar-refractivity contribution in [2.75, 3.05) is 53.6 Å². The van der Waals surface area contributed by atoms with Crippen molar-refractivity contribution in [3.63, 3.8) is 0 Å². The highest BCUT2D eigenvalue weighted by molar-refractivity contribution is 5.97. The Kier molecular flexibility index (Phi) is 8.03. The number of hydrogen-bond acceptors (Lipinski definition) is 5. The summed E-state index contributed by atoms with van der Waals surface area (Å²) in [5.41, 5.74) is 2.25. The zero-order chi connectivity index (χ0) is 22.2. The first kappa shape index (κ1) is 22.8. The van der Waals surface area contributed by atoms with Gasteiger partial charge in [0.2, 0.25) is 0 Å². The van der Waals surface area contributed by atoms with E-state index in [1.54, 1.807) is 36.2 Å². The van der Waals surface area contributed by atoms with E-state index < -0.39 is 0 Å². The highest BCUT2D eigenvalue weighted by atomic mass is 16.5. The molecule has 1 unspecified atom stereocenters. The second kappa shape index (κ2) is 10.9. The number of methoxy groups -OCH3 is 2. The maximum absolute atomic E-state index is 13.1. The van der Waals surface area contributed by atoms with E-state index in [0.29, 0.717) is 56.3 Å². The largest absolute Gasteiger partial charge is 0.496 e. The molecule has 0 saturated carbocycles. The minimum absolute atomic E-state index is 0.0752. The lowest BCUT2D eigenvalue weighted by Gasteiger charge is -2.36. The zero-order valence-electron chi connectivity index (χ0n) is 18.4. The maximum Gasteiger partial charge on any atom is 0.257 e. The third-order valence-electron chi connectivity index (χ3n) is 5.34. The first-order valence-corrected chi connectivity index (χ1v) is 10.4. The standard InChI is InChI=1S/C24H30N2O5/c1-18-8-10-19(11-9-18)23(27)25(12-14-29-2)16-20-17-26(13-15-31-20)24(28)21-6-4-5-7-22(21)30-3/h4-11,20H,12-17H2,1-3H3. The predicted molar refractivity (Wildman–Crippen MR) is 118 cm³/mol. The van der Waals surface area contributed by atoms with E-state index in [9.17, 15) is 9.59 Å². The summed E-state index contributed by atoms with van der Waals surface area (Å²) in [5.74, 6) is 0.375. The Hall–Kier alpha value is -2.90. The van der Waals surface area contributed by atoms with Crippen molar-refractivity contribution < 1.29 is 23.8 Å². The minimum Gasteiger partial charge on any atom is -0.496 e. The molecule has 7 heteroatoms. The van der Waals surface area contributed by atoms with Crippen molar-refractivity contribution in [1.29, 1.82) is 0 Å². The predicted octanol–water partition coefficient (Wildman–Crippen LogP) is 2.63. The molecule has 2 amide bonds. The molecule has 0 bridgehead atoms. The number of para-hydroxylation sites is 1. The monoisotopic (exact) mass is 426 g/mol. The van der Waals surface area contributed by atoms with Crippen molar-refractivity contribution in [2.24, 2.45) is 0 Å². The van der Waals surface area contributed by atoms with Gasteiger partial charge in [0.25, 0.3) is 11.8 Å². The lowest BCUT2D eigenvalue weighted by atomic mass is 10.1. The number of rotatable bonds is 8. The normalized spacial score (nSPS) is 16.1. The summed E-state index contributed by atoms with van der Waals surface area (Å²) in [5, 5.41) is 0. The molecule has 2 aromatic rings. The number of nitrogens with zero attached hydrogens (tertiary/aromatic N) is 2. The number of amides is 2. The highest BCUT2D eigenvalue weighted by Crippen LogP contribution is 2.21. The van der Waals surface area contributed by atoms with E-state index in [4.69, 9.17) is 14.2 Å². The van der Waals surface area contributed by atoms with Crippen LogP contribution in [0, 0.1) is 6.92 Å². The van der Waals surface area contributed by atoms with E-state index in [0.717, 1.165) is 5.56 Å². The first-order valence-electron chi connectivity index (χ1n) is 10.4. The number of ether oxygens (including phenoxy) is 3. The maximum atomic E-state index is 13.1. The molecule has 166 valence electrons. The smallest absolute Gasteiger partial charge is 0.257 e. The lowest BCUT2D eigenvalue weighted by Crippen LogP contribution is -2.51. The average Bonchev–Trinajstić information content (AvgIpc) is 2.81. The summed E-state index contributed by atoms with van der Waals surface area (Å²) in [4.78, 5) is 29.6. The van der Waals surface area contributed by atoms with Gasteiger partial charge in [-0.3, -0.25) is 9.59 Å². The summed E-state index contributed by atoms with van der Waals surface area (Å²) >= 11 is 0. The third kappa shape index (κ3) is 5.83. The second-order valence-electron chi connectivity index (χ2n) is 7.55. The number of carbonyl (C=O) groups excluding carboxylic acids is 2. The molecule has 0 radical (unpaired) electrons. The molecule has 3 rings (SSSR count). The molecular weight excluding hydrogens is 396 g/mol. The van der Waals surface area contributed by atoms with Crippen molar-refractivity contribution in [2.45, 2.75) is 13.0 Å². The van der Waals surface area contributed by atoms with Crippen LogP contribution in [0.4, 0.5) is 0 Å². The fourth-order valence-corrected chi connectivity index (χ4v) is 3.61.